The number of carbonyl (C=O) groups is 1. The average Bonchev–Trinajstić information content (AvgIpc) is 3.13. The Kier molecular flexibility index (Phi) is 3.56. The molecule has 0 radical (unpaired) electrons. The van der Waals surface area contributed by atoms with Gasteiger partial charge in [0.1, 0.15) is 5.54 Å². The first-order valence-corrected chi connectivity index (χ1v) is 6.67. The van der Waals surface area contributed by atoms with Crippen molar-refractivity contribution in [2.24, 2.45) is 5.92 Å². The van der Waals surface area contributed by atoms with Crippen LogP contribution in [0.25, 0.3) is 0 Å². The number of rotatable bonds is 3. The zero-order chi connectivity index (χ0) is 12.3. The molecule has 4 heteroatoms. The van der Waals surface area contributed by atoms with Crippen molar-refractivity contribution >= 4 is 6.03 Å². The molecule has 0 aliphatic heterocycles. The van der Waals surface area contributed by atoms with Crippen LogP contribution >= 0.6 is 0 Å². The molecule has 0 aromatic heterocycles. The summed E-state index contributed by atoms with van der Waals surface area (Å²) in [6, 6.07) is 2.50. The Bertz CT molecular complexity index is 322. The van der Waals surface area contributed by atoms with Crippen LogP contribution in [0.3, 0.4) is 0 Å². The van der Waals surface area contributed by atoms with Crippen molar-refractivity contribution in [1.29, 1.82) is 5.26 Å². The molecule has 0 atom stereocenters. The van der Waals surface area contributed by atoms with Gasteiger partial charge in [-0.15, -0.1) is 0 Å². The Morgan fingerprint density at radius 1 is 1.35 bits per heavy atom. The van der Waals surface area contributed by atoms with Gasteiger partial charge < -0.3 is 10.6 Å². The normalized spacial score (nSPS) is 32.6. The summed E-state index contributed by atoms with van der Waals surface area (Å²) in [4.78, 5) is 11.7. The van der Waals surface area contributed by atoms with Crippen LogP contribution in [-0.2, 0) is 0 Å². The summed E-state index contributed by atoms with van der Waals surface area (Å²) in [6.07, 6.45) is 7.01. The number of nitriles is 1. The predicted molar refractivity (Wildman–Crippen MR) is 65.3 cm³/mol. The van der Waals surface area contributed by atoms with E-state index in [1.165, 1.54) is 6.42 Å². The number of amides is 2. The summed E-state index contributed by atoms with van der Waals surface area (Å²) in [6.45, 7) is 2.19. The van der Waals surface area contributed by atoms with Gasteiger partial charge in [0.05, 0.1) is 6.07 Å². The van der Waals surface area contributed by atoms with E-state index in [4.69, 9.17) is 0 Å². The average molecular weight is 235 g/mol. The van der Waals surface area contributed by atoms with Gasteiger partial charge in [0.15, 0.2) is 0 Å². The molecule has 0 aromatic carbocycles. The van der Waals surface area contributed by atoms with E-state index in [2.05, 4.69) is 23.6 Å². The van der Waals surface area contributed by atoms with E-state index in [-0.39, 0.29) is 6.03 Å². The maximum absolute atomic E-state index is 11.7. The molecular formula is C13H21N3O. The molecule has 2 aliphatic carbocycles. The fraction of sp³-hybridized carbons (Fsp3) is 0.846. The van der Waals surface area contributed by atoms with E-state index in [0.29, 0.717) is 6.04 Å². The quantitative estimate of drug-likeness (QED) is 0.788. The second kappa shape index (κ2) is 4.95. The van der Waals surface area contributed by atoms with Crippen molar-refractivity contribution in [3.05, 3.63) is 0 Å². The maximum Gasteiger partial charge on any atom is 0.316 e. The van der Waals surface area contributed by atoms with Crippen molar-refractivity contribution in [3.8, 4) is 6.07 Å². The van der Waals surface area contributed by atoms with Crippen LogP contribution in [0.1, 0.15) is 51.9 Å². The number of urea groups is 1. The lowest BCUT2D eigenvalue weighted by Gasteiger charge is -2.35. The number of hydrogen-bond donors (Lipinski definition) is 2. The highest BCUT2D eigenvalue weighted by atomic mass is 16.2. The first-order valence-electron chi connectivity index (χ1n) is 6.67. The molecule has 2 N–H and O–H groups in total. The highest BCUT2D eigenvalue weighted by molar-refractivity contribution is 5.76. The molecule has 0 bridgehead atoms. The fourth-order valence-electron chi connectivity index (χ4n) is 2.51. The van der Waals surface area contributed by atoms with Crippen LogP contribution in [0, 0.1) is 17.2 Å². The smallest absolute Gasteiger partial charge is 0.316 e. The maximum atomic E-state index is 11.7. The van der Waals surface area contributed by atoms with E-state index in [1.807, 2.05) is 0 Å². The largest absolute Gasteiger partial charge is 0.335 e. The molecule has 2 rings (SSSR count). The third kappa shape index (κ3) is 3.12. The van der Waals surface area contributed by atoms with Crippen molar-refractivity contribution in [1.82, 2.24) is 10.6 Å². The minimum Gasteiger partial charge on any atom is -0.335 e. The Balaban J connectivity index is 1.86. The van der Waals surface area contributed by atoms with Gasteiger partial charge in [-0.25, -0.2) is 4.79 Å². The molecule has 4 nitrogen and oxygen atoms in total. The second-order valence-corrected chi connectivity index (χ2v) is 5.42. The van der Waals surface area contributed by atoms with E-state index in [9.17, 15) is 10.1 Å². The second-order valence-electron chi connectivity index (χ2n) is 5.42. The topological polar surface area (TPSA) is 64.9 Å². The van der Waals surface area contributed by atoms with Gasteiger partial charge in [-0.1, -0.05) is 13.3 Å². The van der Waals surface area contributed by atoms with Gasteiger partial charge in [-0.05, 0) is 44.4 Å². The Hall–Kier alpha value is -1.24. The zero-order valence-corrected chi connectivity index (χ0v) is 10.5. The van der Waals surface area contributed by atoms with E-state index < -0.39 is 5.54 Å². The fourth-order valence-corrected chi connectivity index (χ4v) is 2.51. The predicted octanol–water partition coefficient (Wildman–Crippen LogP) is 2.31. The summed E-state index contributed by atoms with van der Waals surface area (Å²) in [7, 11) is 0. The van der Waals surface area contributed by atoms with Gasteiger partial charge in [-0.3, -0.25) is 0 Å². The molecule has 0 saturated heterocycles. The summed E-state index contributed by atoms with van der Waals surface area (Å²) in [5.41, 5.74) is -0.620. The Morgan fingerprint density at radius 3 is 2.47 bits per heavy atom. The summed E-state index contributed by atoms with van der Waals surface area (Å²) >= 11 is 0. The molecule has 2 saturated carbocycles. The van der Waals surface area contributed by atoms with Crippen molar-refractivity contribution < 1.29 is 4.79 Å². The first-order chi connectivity index (χ1) is 8.17. The first kappa shape index (κ1) is 12.2. The highest BCUT2D eigenvalue weighted by Crippen LogP contribution is 2.33. The van der Waals surface area contributed by atoms with Crippen molar-refractivity contribution in [2.45, 2.75) is 63.5 Å². The third-order valence-corrected chi connectivity index (χ3v) is 4.02. The van der Waals surface area contributed by atoms with Gasteiger partial charge in [-0.2, -0.15) is 5.26 Å². The van der Waals surface area contributed by atoms with E-state index >= 15 is 0 Å². The van der Waals surface area contributed by atoms with Gasteiger partial charge >= 0.3 is 6.03 Å². The lowest BCUT2D eigenvalue weighted by molar-refractivity contribution is 0.207. The van der Waals surface area contributed by atoms with Gasteiger partial charge in [0, 0.05) is 6.04 Å². The highest BCUT2D eigenvalue weighted by Gasteiger charge is 2.37. The molecule has 0 spiro atoms. The monoisotopic (exact) mass is 235 g/mol. The molecule has 2 fully saturated rings. The van der Waals surface area contributed by atoms with Crippen LogP contribution in [0.2, 0.25) is 0 Å². The molecule has 0 heterocycles. The molecule has 94 valence electrons. The lowest BCUT2D eigenvalue weighted by atomic mass is 9.76. The van der Waals surface area contributed by atoms with Crippen LogP contribution in [-0.4, -0.2) is 17.6 Å². The molecule has 0 unspecified atom stereocenters. The molecule has 0 aromatic rings. The van der Waals surface area contributed by atoms with Crippen LogP contribution in [0.4, 0.5) is 4.79 Å². The summed E-state index contributed by atoms with van der Waals surface area (Å²) in [5.74, 6) is 0.727. The molecule has 2 aliphatic rings. The Morgan fingerprint density at radius 2 is 2.00 bits per heavy atom. The lowest BCUT2D eigenvalue weighted by Crippen LogP contribution is -2.53. The molecule has 17 heavy (non-hydrogen) atoms. The van der Waals surface area contributed by atoms with Crippen molar-refractivity contribution in [2.75, 3.05) is 0 Å². The van der Waals surface area contributed by atoms with Crippen molar-refractivity contribution in [3.63, 3.8) is 0 Å². The van der Waals surface area contributed by atoms with Gasteiger partial charge in [0.2, 0.25) is 0 Å². The number of carbonyl (C=O) groups excluding carboxylic acids is 1. The third-order valence-electron chi connectivity index (χ3n) is 4.02. The summed E-state index contributed by atoms with van der Waals surface area (Å²) < 4.78 is 0. The van der Waals surface area contributed by atoms with Crippen LogP contribution < -0.4 is 10.6 Å². The standard InChI is InChI=1S/C13H21N3O/c1-2-10-5-7-13(9-14,8-6-10)16-12(17)15-11-3-4-11/h10-11H,2-8H2,1H3,(H2,15,16,17). The number of nitrogens with one attached hydrogen (secondary N) is 2. The Labute approximate surface area is 103 Å². The van der Waals surface area contributed by atoms with E-state index in [0.717, 1.165) is 44.4 Å². The number of hydrogen-bond acceptors (Lipinski definition) is 2. The SMILES string of the molecule is CCC1CCC(C#N)(NC(=O)NC2CC2)CC1. The number of nitrogens with zero attached hydrogens (tertiary/aromatic N) is 1. The van der Waals surface area contributed by atoms with E-state index in [1.54, 1.807) is 0 Å². The summed E-state index contributed by atoms with van der Waals surface area (Å²) in [5, 5.41) is 15.1. The minimum atomic E-state index is -0.620. The minimum absolute atomic E-state index is 0.163. The van der Waals surface area contributed by atoms with Crippen LogP contribution in [0.5, 0.6) is 0 Å². The van der Waals surface area contributed by atoms with Gasteiger partial charge in [0.25, 0.3) is 0 Å². The van der Waals surface area contributed by atoms with Crippen LogP contribution in [0.15, 0.2) is 0 Å². The molecule has 2 amide bonds. The zero-order valence-electron chi connectivity index (χ0n) is 10.5. The molecular weight excluding hydrogens is 214 g/mol.